The van der Waals surface area contributed by atoms with Crippen LogP contribution in [0.3, 0.4) is 0 Å². The Hall–Kier alpha value is -1.29. The summed E-state index contributed by atoms with van der Waals surface area (Å²) in [5.41, 5.74) is 0.523. The molecule has 1 aliphatic rings. The van der Waals surface area contributed by atoms with Crippen molar-refractivity contribution in [2.24, 2.45) is 0 Å². The van der Waals surface area contributed by atoms with Gasteiger partial charge in [-0.1, -0.05) is 12.8 Å². The molecule has 1 aromatic heterocycles. The first-order valence-corrected chi connectivity index (χ1v) is 5.71. The van der Waals surface area contributed by atoms with Crippen LogP contribution in [0.15, 0.2) is 16.7 Å². The fourth-order valence-corrected chi connectivity index (χ4v) is 2.09. The van der Waals surface area contributed by atoms with Gasteiger partial charge in [-0.3, -0.25) is 4.79 Å². The zero-order valence-corrected chi connectivity index (χ0v) is 9.40. The Morgan fingerprint density at radius 1 is 1.50 bits per heavy atom. The molecule has 2 unspecified atom stereocenters. The lowest BCUT2D eigenvalue weighted by molar-refractivity contribution is 0.0717. The number of rotatable bonds is 2. The van der Waals surface area contributed by atoms with Gasteiger partial charge in [0.1, 0.15) is 12.0 Å². The minimum absolute atomic E-state index is 0.114. The smallest absolute Gasteiger partial charge is 0.254 e. The first kappa shape index (κ1) is 11.2. The van der Waals surface area contributed by atoms with Crippen molar-refractivity contribution in [3.63, 3.8) is 0 Å². The van der Waals surface area contributed by atoms with Gasteiger partial charge in [0.05, 0.1) is 17.7 Å². The normalized spacial score (nSPS) is 25.4. The SMILES string of the molecule is Cc1cc(C(=O)NC2CCCCC2O)co1. The lowest BCUT2D eigenvalue weighted by Gasteiger charge is -2.28. The van der Waals surface area contributed by atoms with Gasteiger partial charge in [-0.05, 0) is 25.8 Å². The molecule has 1 saturated carbocycles. The third-order valence-corrected chi connectivity index (χ3v) is 3.04. The largest absolute Gasteiger partial charge is 0.469 e. The number of hydrogen-bond donors (Lipinski definition) is 2. The molecule has 0 bridgehead atoms. The van der Waals surface area contributed by atoms with Crippen molar-refractivity contribution in [1.29, 1.82) is 0 Å². The van der Waals surface area contributed by atoms with Gasteiger partial charge in [-0.25, -0.2) is 0 Å². The fraction of sp³-hybridized carbons (Fsp3) is 0.583. The van der Waals surface area contributed by atoms with E-state index in [2.05, 4.69) is 5.32 Å². The molecular formula is C12H17NO3. The Morgan fingerprint density at radius 2 is 2.25 bits per heavy atom. The summed E-state index contributed by atoms with van der Waals surface area (Å²) in [6.45, 7) is 1.80. The number of aliphatic hydroxyl groups excluding tert-OH is 1. The molecule has 2 atom stereocenters. The van der Waals surface area contributed by atoms with E-state index >= 15 is 0 Å². The van der Waals surface area contributed by atoms with Crippen molar-refractivity contribution in [3.8, 4) is 0 Å². The summed E-state index contributed by atoms with van der Waals surface area (Å²) in [6.07, 6.45) is 4.76. The van der Waals surface area contributed by atoms with Crippen LogP contribution in [0.5, 0.6) is 0 Å². The van der Waals surface area contributed by atoms with Crippen LogP contribution in [-0.2, 0) is 0 Å². The minimum Gasteiger partial charge on any atom is -0.469 e. The van der Waals surface area contributed by atoms with Gasteiger partial charge in [0, 0.05) is 0 Å². The van der Waals surface area contributed by atoms with Crippen LogP contribution in [-0.4, -0.2) is 23.2 Å². The van der Waals surface area contributed by atoms with E-state index in [4.69, 9.17) is 4.42 Å². The topological polar surface area (TPSA) is 62.5 Å². The van der Waals surface area contributed by atoms with E-state index in [1.165, 1.54) is 6.26 Å². The number of carbonyl (C=O) groups is 1. The molecule has 2 rings (SSSR count). The molecule has 4 heteroatoms. The second-order valence-electron chi connectivity index (χ2n) is 4.38. The Kier molecular flexibility index (Phi) is 3.29. The van der Waals surface area contributed by atoms with E-state index in [0.717, 1.165) is 25.7 Å². The van der Waals surface area contributed by atoms with Gasteiger partial charge in [-0.2, -0.15) is 0 Å². The Bertz CT molecular complexity index is 372. The minimum atomic E-state index is -0.411. The maximum Gasteiger partial charge on any atom is 0.254 e. The number of carbonyl (C=O) groups excluding carboxylic acids is 1. The molecular weight excluding hydrogens is 206 g/mol. The van der Waals surface area contributed by atoms with Crippen LogP contribution in [0, 0.1) is 6.92 Å². The van der Waals surface area contributed by atoms with E-state index in [-0.39, 0.29) is 11.9 Å². The first-order chi connectivity index (χ1) is 7.66. The van der Waals surface area contributed by atoms with Crippen LogP contribution in [0.2, 0.25) is 0 Å². The van der Waals surface area contributed by atoms with Gasteiger partial charge >= 0.3 is 0 Å². The molecule has 4 nitrogen and oxygen atoms in total. The third kappa shape index (κ3) is 2.44. The quantitative estimate of drug-likeness (QED) is 0.800. The van der Waals surface area contributed by atoms with E-state index in [9.17, 15) is 9.90 Å². The van der Waals surface area contributed by atoms with Gasteiger partial charge < -0.3 is 14.8 Å². The highest BCUT2D eigenvalue weighted by molar-refractivity contribution is 5.94. The highest BCUT2D eigenvalue weighted by Crippen LogP contribution is 2.19. The molecule has 0 aromatic carbocycles. The molecule has 2 N–H and O–H groups in total. The number of furan rings is 1. The molecule has 1 aliphatic carbocycles. The van der Waals surface area contributed by atoms with Crippen molar-refractivity contribution >= 4 is 5.91 Å². The maximum atomic E-state index is 11.8. The molecule has 0 saturated heterocycles. The Morgan fingerprint density at radius 3 is 2.88 bits per heavy atom. The van der Waals surface area contributed by atoms with E-state index in [1.54, 1.807) is 13.0 Å². The van der Waals surface area contributed by atoms with Crippen LogP contribution in [0.4, 0.5) is 0 Å². The van der Waals surface area contributed by atoms with E-state index in [1.807, 2.05) is 0 Å². The van der Waals surface area contributed by atoms with Gasteiger partial charge in [0.25, 0.3) is 5.91 Å². The van der Waals surface area contributed by atoms with Crippen molar-refractivity contribution in [2.75, 3.05) is 0 Å². The zero-order valence-electron chi connectivity index (χ0n) is 9.40. The van der Waals surface area contributed by atoms with Gasteiger partial charge in [0.2, 0.25) is 0 Å². The van der Waals surface area contributed by atoms with Crippen molar-refractivity contribution in [2.45, 2.75) is 44.8 Å². The zero-order chi connectivity index (χ0) is 11.5. The number of aryl methyl sites for hydroxylation is 1. The molecule has 1 fully saturated rings. The molecule has 1 heterocycles. The number of hydrogen-bond acceptors (Lipinski definition) is 3. The van der Waals surface area contributed by atoms with E-state index in [0.29, 0.717) is 11.3 Å². The lowest BCUT2D eigenvalue weighted by atomic mass is 9.92. The average Bonchev–Trinajstić information content (AvgIpc) is 2.68. The highest BCUT2D eigenvalue weighted by atomic mass is 16.3. The Balaban J connectivity index is 1.96. The summed E-state index contributed by atoms with van der Waals surface area (Å²) in [4.78, 5) is 11.8. The molecule has 16 heavy (non-hydrogen) atoms. The summed E-state index contributed by atoms with van der Waals surface area (Å²) >= 11 is 0. The molecule has 88 valence electrons. The van der Waals surface area contributed by atoms with Crippen molar-refractivity contribution in [1.82, 2.24) is 5.32 Å². The van der Waals surface area contributed by atoms with Crippen LogP contribution >= 0.6 is 0 Å². The molecule has 1 amide bonds. The lowest BCUT2D eigenvalue weighted by Crippen LogP contribution is -2.44. The second kappa shape index (κ2) is 4.70. The number of amides is 1. The molecule has 0 radical (unpaired) electrons. The number of aliphatic hydroxyl groups is 1. The third-order valence-electron chi connectivity index (χ3n) is 3.04. The van der Waals surface area contributed by atoms with Gasteiger partial charge in [-0.15, -0.1) is 0 Å². The summed E-state index contributed by atoms with van der Waals surface area (Å²) < 4.78 is 5.08. The highest BCUT2D eigenvalue weighted by Gasteiger charge is 2.25. The predicted molar refractivity (Wildman–Crippen MR) is 59.2 cm³/mol. The second-order valence-corrected chi connectivity index (χ2v) is 4.38. The predicted octanol–water partition coefficient (Wildman–Crippen LogP) is 1.62. The van der Waals surface area contributed by atoms with Crippen LogP contribution in [0.1, 0.15) is 41.8 Å². The summed E-state index contributed by atoms with van der Waals surface area (Å²) in [5, 5.41) is 12.6. The average molecular weight is 223 g/mol. The fourth-order valence-electron chi connectivity index (χ4n) is 2.09. The van der Waals surface area contributed by atoms with Crippen LogP contribution < -0.4 is 5.32 Å². The van der Waals surface area contributed by atoms with Gasteiger partial charge in [0.15, 0.2) is 0 Å². The molecule has 1 aromatic rings. The monoisotopic (exact) mass is 223 g/mol. The summed E-state index contributed by atoms with van der Waals surface area (Å²) in [5.74, 6) is 0.553. The maximum absolute atomic E-state index is 11.8. The molecule has 0 aliphatic heterocycles. The van der Waals surface area contributed by atoms with Crippen LogP contribution in [0.25, 0.3) is 0 Å². The van der Waals surface area contributed by atoms with Crippen molar-refractivity contribution in [3.05, 3.63) is 23.7 Å². The Labute approximate surface area is 94.6 Å². The number of nitrogens with one attached hydrogen (secondary N) is 1. The molecule has 0 spiro atoms. The van der Waals surface area contributed by atoms with E-state index < -0.39 is 6.10 Å². The van der Waals surface area contributed by atoms with Crippen molar-refractivity contribution < 1.29 is 14.3 Å². The summed E-state index contributed by atoms with van der Waals surface area (Å²) in [6, 6.07) is 1.58. The standard InChI is InChI=1S/C12H17NO3/c1-8-6-9(7-16-8)12(15)13-10-4-2-3-5-11(10)14/h6-7,10-11,14H,2-5H2,1H3,(H,13,15). The first-order valence-electron chi connectivity index (χ1n) is 5.71. The summed E-state index contributed by atoms with van der Waals surface area (Å²) in [7, 11) is 0.